The Balaban J connectivity index is 1.41. The number of nitrogens with zero attached hydrogens (tertiary/aromatic N) is 2. The van der Waals surface area contributed by atoms with Gasteiger partial charge in [0, 0.05) is 42.7 Å². The molecular weight excluding hydrogens is 384 g/mol. The summed E-state index contributed by atoms with van der Waals surface area (Å²) in [6.45, 7) is 2.89. The van der Waals surface area contributed by atoms with Crippen molar-refractivity contribution in [1.82, 2.24) is 15.3 Å². The lowest BCUT2D eigenvalue weighted by Gasteiger charge is -2.27. The minimum atomic E-state index is -0.525. The number of aromatic amines is 1. The third kappa shape index (κ3) is 3.20. The van der Waals surface area contributed by atoms with E-state index < -0.39 is 6.10 Å². The third-order valence-corrected chi connectivity index (χ3v) is 6.63. The first-order valence-corrected chi connectivity index (χ1v) is 10.7. The van der Waals surface area contributed by atoms with Crippen molar-refractivity contribution in [2.75, 3.05) is 17.2 Å². The highest BCUT2D eigenvalue weighted by molar-refractivity contribution is 8.04. The number of rotatable bonds is 3. The fraction of sp³-hybridized carbons (Fsp3) is 0.273. The van der Waals surface area contributed by atoms with E-state index in [0.29, 0.717) is 11.3 Å². The molecule has 1 amide bonds. The minimum Gasteiger partial charge on any atom is -0.388 e. The molecule has 148 valence electrons. The fourth-order valence-corrected chi connectivity index (χ4v) is 5.12. The van der Waals surface area contributed by atoms with E-state index in [1.54, 1.807) is 18.0 Å². The van der Waals surface area contributed by atoms with Crippen molar-refractivity contribution in [2.24, 2.45) is 0 Å². The van der Waals surface area contributed by atoms with Crippen molar-refractivity contribution in [3.63, 3.8) is 0 Å². The molecule has 2 aromatic heterocycles. The molecule has 0 radical (unpaired) electrons. The van der Waals surface area contributed by atoms with Crippen LogP contribution in [-0.4, -0.2) is 33.3 Å². The van der Waals surface area contributed by atoms with E-state index in [1.165, 1.54) is 0 Å². The quantitative estimate of drug-likeness (QED) is 0.620. The number of hydrogen-bond donors (Lipinski definition) is 3. The summed E-state index contributed by atoms with van der Waals surface area (Å²) in [6, 6.07) is 9.60. The Morgan fingerprint density at radius 1 is 1.31 bits per heavy atom. The van der Waals surface area contributed by atoms with Crippen LogP contribution in [0.4, 0.5) is 5.69 Å². The van der Waals surface area contributed by atoms with Crippen LogP contribution in [0.3, 0.4) is 0 Å². The molecular formula is C22H22N4O2S. The largest absolute Gasteiger partial charge is 0.388 e. The molecule has 2 atom stereocenters. The second-order valence-corrected chi connectivity index (χ2v) is 8.60. The summed E-state index contributed by atoms with van der Waals surface area (Å²) >= 11 is 1.57. The molecule has 0 saturated carbocycles. The number of fused-ring (bicyclic) bond motifs is 2. The van der Waals surface area contributed by atoms with Gasteiger partial charge in [-0.05, 0) is 29.7 Å². The molecule has 3 aromatic rings. The Morgan fingerprint density at radius 3 is 3.00 bits per heavy atom. The lowest BCUT2D eigenvalue weighted by molar-refractivity contribution is -0.117. The van der Waals surface area contributed by atoms with E-state index in [-0.39, 0.29) is 11.9 Å². The zero-order valence-electron chi connectivity index (χ0n) is 16.1. The van der Waals surface area contributed by atoms with Crippen LogP contribution in [0.1, 0.15) is 35.3 Å². The van der Waals surface area contributed by atoms with Crippen molar-refractivity contribution < 1.29 is 9.90 Å². The maximum Gasteiger partial charge on any atom is 0.259 e. The van der Waals surface area contributed by atoms with Crippen molar-refractivity contribution in [3.8, 4) is 0 Å². The van der Waals surface area contributed by atoms with Gasteiger partial charge in [0.1, 0.15) is 5.65 Å². The van der Waals surface area contributed by atoms with Gasteiger partial charge in [-0.2, -0.15) is 0 Å². The molecule has 0 unspecified atom stereocenters. The number of aliphatic hydroxyl groups is 1. The van der Waals surface area contributed by atoms with Gasteiger partial charge in [0.2, 0.25) is 0 Å². The molecule has 1 aliphatic carbocycles. The molecule has 3 N–H and O–H groups in total. The number of amides is 1. The predicted molar refractivity (Wildman–Crippen MR) is 116 cm³/mol. The highest BCUT2D eigenvalue weighted by atomic mass is 32.2. The van der Waals surface area contributed by atoms with Crippen molar-refractivity contribution in [2.45, 2.75) is 25.5 Å². The van der Waals surface area contributed by atoms with Crippen LogP contribution < -0.4 is 10.2 Å². The zero-order valence-corrected chi connectivity index (χ0v) is 16.9. The van der Waals surface area contributed by atoms with Crippen LogP contribution in [0.2, 0.25) is 0 Å². The van der Waals surface area contributed by atoms with Crippen LogP contribution in [0.25, 0.3) is 11.0 Å². The van der Waals surface area contributed by atoms with Crippen molar-refractivity contribution in [1.29, 1.82) is 0 Å². The van der Waals surface area contributed by atoms with Crippen LogP contribution in [0.15, 0.2) is 53.8 Å². The van der Waals surface area contributed by atoms with Crippen LogP contribution in [-0.2, 0) is 4.79 Å². The summed E-state index contributed by atoms with van der Waals surface area (Å²) in [7, 11) is 0. The predicted octanol–water partition coefficient (Wildman–Crippen LogP) is 3.56. The number of aryl methyl sites for hydroxylation is 1. The molecule has 5 rings (SSSR count). The van der Waals surface area contributed by atoms with Crippen molar-refractivity contribution in [3.05, 3.63) is 70.5 Å². The Morgan fingerprint density at radius 2 is 2.14 bits per heavy atom. The first kappa shape index (κ1) is 18.3. The van der Waals surface area contributed by atoms with Gasteiger partial charge in [-0.15, -0.1) is 11.8 Å². The molecule has 3 heterocycles. The molecule has 6 nitrogen and oxygen atoms in total. The van der Waals surface area contributed by atoms with Gasteiger partial charge in [0.15, 0.2) is 0 Å². The third-order valence-electron chi connectivity index (χ3n) is 5.64. The maximum atomic E-state index is 13.0. The number of H-pyrrole nitrogens is 1. The fourth-order valence-electron chi connectivity index (χ4n) is 4.22. The van der Waals surface area contributed by atoms with Crippen LogP contribution in [0.5, 0.6) is 0 Å². The van der Waals surface area contributed by atoms with E-state index >= 15 is 0 Å². The molecule has 0 fully saturated rings. The van der Waals surface area contributed by atoms with E-state index in [1.807, 2.05) is 42.7 Å². The summed E-state index contributed by atoms with van der Waals surface area (Å²) in [5.74, 6) is 0.737. The molecule has 29 heavy (non-hydrogen) atoms. The highest BCUT2D eigenvalue weighted by Gasteiger charge is 2.31. The molecule has 7 heteroatoms. The maximum absolute atomic E-state index is 13.0. The number of carbonyl (C=O) groups excluding carboxylic acids is 1. The normalized spacial score (nSPS) is 21.2. The molecule has 0 saturated heterocycles. The lowest BCUT2D eigenvalue weighted by Crippen LogP contribution is -2.32. The number of carbonyl (C=O) groups is 1. The number of nitrogens with one attached hydrogen (secondary N) is 2. The summed E-state index contributed by atoms with van der Waals surface area (Å²) in [5, 5.41) is 14.5. The topological polar surface area (TPSA) is 81.2 Å². The minimum absolute atomic E-state index is 0.0929. The monoisotopic (exact) mass is 406 g/mol. The van der Waals surface area contributed by atoms with Crippen LogP contribution in [0, 0.1) is 6.92 Å². The first-order chi connectivity index (χ1) is 14.1. The molecule has 0 bridgehead atoms. The number of pyridine rings is 1. The Bertz CT molecular complexity index is 1120. The van der Waals surface area contributed by atoms with E-state index in [4.69, 9.17) is 0 Å². The van der Waals surface area contributed by atoms with Gasteiger partial charge in [-0.1, -0.05) is 24.3 Å². The number of benzene rings is 1. The average molecular weight is 407 g/mol. The molecule has 0 spiro atoms. The van der Waals surface area contributed by atoms with E-state index in [9.17, 15) is 9.90 Å². The summed E-state index contributed by atoms with van der Waals surface area (Å²) in [6.07, 6.45) is 5.67. The second kappa shape index (κ2) is 7.24. The number of hydrogen-bond acceptors (Lipinski definition) is 5. The number of aliphatic hydroxyl groups excluding tert-OH is 1. The van der Waals surface area contributed by atoms with Gasteiger partial charge >= 0.3 is 0 Å². The summed E-state index contributed by atoms with van der Waals surface area (Å²) in [4.78, 5) is 23.4. The Hall–Kier alpha value is -2.77. The highest BCUT2D eigenvalue weighted by Crippen LogP contribution is 2.39. The first-order valence-electron chi connectivity index (χ1n) is 9.73. The lowest BCUT2D eigenvalue weighted by atomic mass is 10.1. The molecule has 1 aliphatic heterocycles. The number of aromatic nitrogens is 2. The Labute approximate surface area is 173 Å². The van der Waals surface area contributed by atoms with Gasteiger partial charge in [0.05, 0.1) is 22.7 Å². The smallest absolute Gasteiger partial charge is 0.259 e. The SMILES string of the molecule is Cc1c[nH]c2nccc(N3C=C(C(=O)N[C@H]4C[C@@H](O)c5ccccc54)SCC3)c12. The standard InChI is InChI=1S/C22H22N4O2S/c1-13-11-24-21-20(13)17(6-7-23-21)26-8-9-29-19(12-26)22(28)25-16-10-18(27)15-5-3-2-4-14(15)16/h2-7,11-12,16,18,27H,8-10H2,1H3,(H,23,24)(H,25,28)/t16-,18+/m0/s1. The van der Waals surface area contributed by atoms with Gasteiger partial charge in [-0.3, -0.25) is 4.79 Å². The number of thioether (sulfide) groups is 1. The molecule has 2 aliphatic rings. The van der Waals surface area contributed by atoms with Gasteiger partial charge < -0.3 is 20.3 Å². The zero-order chi connectivity index (χ0) is 20.0. The summed E-state index contributed by atoms with van der Waals surface area (Å²) < 4.78 is 0. The van der Waals surface area contributed by atoms with Crippen molar-refractivity contribution >= 4 is 34.4 Å². The second-order valence-electron chi connectivity index (χ2n) is 7.47. The van der Waals surface area contributed by atoms with Crippen LogP contribution >= 0.6 is 11.8 Å². The Kier molecular flexibility index (Phi) is 4.56. The van der Waals surface area contributed by atoms with E-state index in [2.05, 4.69) is 27.1 Å². The van der Waals surface area contributed by atoms with E-state index in [0.717, 1.165) is 45.7 Å². The molecule has 1 aromatic carbocycles. The van der Waals surface area contributed by atoms with Gasteiger partial charge in [0.25, 0.3) is 5.91 Å². The van der Waals surface area contributed by atoms with Gasteiger partial charge in [-0.25, -0.2) is 4.98 Å². The number of anilines is 1. The average Bonchev–Trinajstić information content (AvgIpc) is 3.28. The summed E-state index contributed by atoms with van der Waals surface area (Å²) in [5.41, 5.74) is 4.96.